The van der Waals surface area contributed by atoms with Crippen LogP contribution in [0.15, 0.2) is 24.3 Å². The standard InChI is InChI=1S/C10H10F3NO2/c1-7(6-14(15)16)8-3-2-4-9(5-8)10(11,12)13/h2-5,7H,6H2,1H3/t7-/m1/s1. The SMILES string of the molecule is C[C@H](C[N+](=O)[O-])c1cccc(C(F)(F)F)c1. The number of benzene rings is 1. The Labute approximate surface area is 90.0 Å². The first-order valence-electron chi connectivity index (χ1n) is 4.59. The zero-order valence-corrected chi connectivity index (χ0v) is 8.49. The van der Waals surface area contributed by atoms with E-state index >= 15 is 0 Å². The molecule has 3 nitrogen and oxygen atoms in total. The molecule has 0 unspecified atom stereocenters. The van der Waals surface area contributed by atoms with Crippen molar-refractivity contribution in [1.82, 2.24) is 0 Å². The van der Waals surface area contributed by atoms with E-state index in [0.29, 0.717) is 5.56 Å². The first kappa shape index (κ1) is 12.5. The van der Waals surface area contributed by atoms with Crippen molar-refractivity contribution < 1.29 is 18.1 Å². The molecule has 1 rings (SSSR count). The summed E-state index contributed by atoms with van der Waals surface area (Å²) in [5.41, 5.74) is -0.452. The third-order valence-electron chi connectivity index (χ3n) is 2.21. The zero-order chi connectivity index (χ0) is 12.3. The van der Waals surface area contributed by atoms with Gasteiger partial charge in [-0.05, 0) is 11.6 Å². The number of nitro groups is 1. The maximum atomic E-state index is 12.4. The van der Waals surface area contributed by atoms with E-state index in [2.05, 4.69) is 0 Å². The van der Waals surface area contributed by atoms with E-state index in [0.717, 1.165) is 12.1 Å². The van der Waals surface area contributed by atoms with Crippen LogP contribution in [-0.4, -0.2) is 11.5 Å². The largest absolute Gasteiger partial charge is 0.416 e. The van der Waals surface area contributed by atoms with E-state index in [-0.39, 0.29) is 6.54 Å². The summed E-state index contributed by atoms with van der Waals surface area (Å²) >= 11 is 0. The number of nitrogens with zero attached hydrogens (tertiary/aromatic N) is 1. The molecule has 0 saturated carbocycles. The van der Waals surface area contributed by atoms with Crippen molar-refractivity contribution in [3.05, 3.63) is 45.5 Å². The Morgan fingerprint density at radius 2 is 2.06 bits per heavy atom. The van der Waals surface area contributed by atoms with Gasteiger partial charge in [0, 0.05) is 10.8 Å². The second kappa shape index (κ2) is 4.51. The molecule has 1 atom stereocenters. The van der Waals surface area contributed by atoms with E-state index in [4.69, 9.17) is 0 Å². The quantitative estimate of drug-likeness (QED) is 0.594. The Morgan fingerprint density at radius 1 is 1.44 bits per heavy atom. The lowest BCUT2D eigenvalue weighted by atomic mass is 9.99. The van der Waals surface area contributed by atoms with Crippen molar-refractivity contribution in [1.29, 1.82) is 0 Å². The average Bonchev–Trinajstić information content (AvgIpc) is 2.15. The van der Waals surface area contributed by atoms with Crippen molar-refractivity contribution in [3.8, 4) is 0 Å². The highest BCUT2D eigenvalue weighted by atomic mass is 19.4. The minimum atomic E-state index is -4.41. The zero-order valence-electron chi connectivity index (χ0n) is 8.49. The minimum Gasteiger partial charge on any atom is -0.265 e. The van der Waals surface area contributed by atoms with E-state index in [1.165, 1.54) is 19.1 Å². The Bertz CT molecular complexity index is 390. The van der Waals surface area contributed by atoms with Gasteiger partial charge in [-0.15, -0.1) is 0 Å². The molecule has 0 heterocycles. The van der Waals surface area contributed by atoms with Gasteiger partial charge in [-0.1, -0.05) is 25.1 Å². The molecule has 1 aromatic carbocycles. The van der Waals surface area contributed by atoms with Crippen LogP contribution in [0.3, 0.4) is 0 Å². The van der Waals surface area contributed by atoms with Crippen molar-refractivity contribution in [2.45, 2.75) is 19.0 Å². The minimum absolute atomic E-state index is 0.325. The molecular formula is C10H10F3NO2. The Kier molecular flexibility index (Phi) is 3.51. The molecule has 0 aliphatic carbocycles. The smallest absolute Gasteiger partial charge is 0.265 e. The predicted octanol–water partition coefficient (Wildman–Crippen LogP) is 3.09. The molecular weight excluding hydrogens is 223 g/mol. The average molecular weight is 233 g/mol. The number of halogens is 3. The van der Waals surface area contributed by atoms with Gasteiger partial charge in [0.2, 0.25) is 6.54 Å². The molecule has 88 valence electrons. The van der Waals surface area contributed by atoms with Crippen molar-refractivity contribution in [2.24, 2.45) is 0 Å². The molecule has 0 bridgehead atoms. The molecule has 0 amide bonds. The summed E-state index contributed by atoms with van der Waals surface area (Å²) in [7, 11) is 0. The van der Waals surface area contributed by atoms with Crippen LogP contribution in [0.25, 0.3) is 0 Å². The van der Waals surface area contributed by atoms with Crippen LogP contribution in [0.2, 0.25) is 0 Å². The van der Waals surface area contributed by atoms with Crippen LogP contribution < -0.4 is 0 Å². The second-order valence-electron chi connectivity index (χ2n) is 3.54. The summed E-state index contributed by atoms with van der Waals surface area (Å²) in [4.78, 5) is 9.71. The molecule has 0 saturated heterocycles. The summed E-state index contributed by atoms with van der Waals surface area (Å²) in [6, 6.07) is 4.62. The third-order valence-corrected chi connectivity index (χ3v) is 2.21. The van der Waals surface area contributed by atoms with E-state index < -0.39 is 22.6 Å². The monoisotopic (exact) mass is 233 g/mol. The van der Waals surface area contributed by atoms with Gasteiger partial charge in [0.1, 0.15) is 0 Å². The molecule has 0 spiro atoms. The van der Waals surface area contributed by atoms with Gasteiger partial charge in [0.25, 0.3) is 0 Å². The van der Waals surface area contributed by atoms with Crippen LogP contribution in [0, 0.1) is 10.1 Å². The molecule has 0 aromatic heterocycles. The first-order valence-corrected chi connectivity index (χ1v) is 4.59. The normalized spacial score (nSPS) is 13.5. The maximum Gasteiger partial charge on any atom is 0.416 e. The number of rotatable bonds is 3. The van der Waals surface area contributed by atoms with Gasteiger partial charge in [0.05, 0.1) is 5.56 Å². The number of hydrogen-bond donors (Lipinski definition) is 0. The van der Waals surface area contributed by atoms with Gasteiger partial charge in [-0.3, -0.25) is 10.1 Å². The number of hydrogen-bond acceptors (Lipinski definition) is 2. The fraction of sp³-hybridized carbons (Fsp3) is 0.400. The van der Waals surface area contributed by atoms with Crippen molar-refractivity contribution in [3.63, 3.8) is 0 Å². The van der Waals surface area contributed by atoms with Gasteiger partial charge < -0.3 is 0 Å². The highest BCUT2D eigenvalue weighted by molar-refractivity contribution is 5.27. The summed E-state index contributed by atoms with van der Waals surface area (Å²) in [5, 5.41) is 10.2. The first-order chi connectivity index (χ1) is 7.30. The summed E-state index contributed by atoms with van der Waals surface area (Å²) in [5.74, 6) is -0.530. The molecule has 0 radical (unpaired) electrons. The summed E-state index contributed by atoms with van der Waals surface area (Å²) < 4.78 is 37.1. The van der Waals surface area contributed by atoms with Crippen LogP contribution in [0.1, 0.15) is 24.0 Å². The maximum absolute atomic E-state index is 12.4. The summed E-state index contributed by atoms with van der Waals surface area (Å²) in [6.07, 6.45) is -4.41. The second-order valence-corrected chi connectivity index (χ2v) is 3.54. The molecule has 0 N–H and O–H groups in total. The van der Waals surface area contributed by atoms with Gasteiger partial charge in [-0.2, -0.15) is 13.2 Å². The third kappa shape index (κ3) is 3.22. The molecule has 0 aliphatic heterocycles. The molecule has 0 fully saturated rings. The van der Waals surface area contributed by atoms with Crippen LogP contribution in [-0.2, 0) is 6.18 Å². The fourth-order valence-corrected chi connectivity index (χ4v) is 1.35. The topological polar surface area (TPSA) is 43.1 Å². The Hall–Kier alpha value is -1.59. The van der Waals surface area contributed by atoms with Crippen LogP contribution in [0.5, 0.6) is 0 Å². The lowest BCUT2D eigenvalue weighted by molar-refractivity contribution is -0.482. The van der Waals surface area contributed by atoms with Crippen LogP contribution >= 0.6 is 0 Å². The van der Waals surface area contributed by atoms with Crippen molar-refractivity contribution >= 4 is 0 Å². The van der Waals surface area contributed by atoms with E-state index in [1.54, 1.807) is 0 Å². The Balaban J connectivity index is 2.94. The lowest BCUT2D eigenvalue weighted by Gasteiger charge is -2.11. The highest BCUT2D eigenvalue weighted by Gasteiger charge is 2.30. The lowest BCUT2D eigenvalue weighted by Crippen LogP contribution is -2.11. The molecule has 16 heavy (non-hydrogen) atoms. The van der Waals surface area contributed by atoms with Crippen LogP contribution in [0.4, 0.5) is 13.2 Å². The van der Waals surface area contributed by atoms with Crippen molar-refractivity contribution in [2.75, 3.05) is 6.54 Å². The highest BCUT2D eigenvalue weighted by Crippen LogP contribution is 2.31. The Morgan fingerprint density at radius 3 is 2.56 bits per heavy atom. The molecule has 0 aliphatic rings. The predicted molar refractivity (Wildman–Crippen MR) is 51.7 cm³/mol. The van der Waals surface area contributed by atoms with Gasteiger partial charge in [-0.25, -0.2) is 0 Å². The van der Waals surface area contributed by atoms with Gasteiger partial charge in [0.15, 0.2) is 0 Å². The van der Waals surface area contributed by atoms with E-state index in [1.807, 2.05) is 0 Å². The fourth-order valence-electron chi connectivity index (χ4n) is 1.35. The number of alkyl halides is 3. The van der Waals surface area contributed by atoms with Gasteiger partial charge >= 0.3 is 6.18 Å². The molecule has 6 heteroatoms. The van der Waals surface area contributed by atoms with E-state index in [9.17, 15) is 23.3 Å². The summed E-state index contributed by atoms with van der Waals surface area (Å²) in [6.45, 7) is 1.15. The molecule has 1 aromatic rings.